The maximum atomic E-state index is 12.4. The minimum absolute atomic E-state index is 0.0510. The van der Waals surface area contributed by atoms with Gasteiger partial charge in [-0.25, -0.2) is 13.1 Å². The van der Waals surface area contributed by atoms with Crippen LogP contribution in [0.2, 0.25) is 0 Å². The monoisotopic (exact) mass is 373 g/mol. The van der Waals surface area contributed by atoms with Gasteiger partial charge in [0.15, 0.2) is 5.78 Å². The van der Waals surface area contributed by atoms with E-state index in [-0.39, 0.29) is 23.1 Å². The summed E-state index contributed by atoms with van der Waals surface area (Å²) in [6.45, 7) is 2.13. The van der Waals surface area contributed by atoms with Crippen molar-refractivity contribution in [2.75, 3.05) is 11.4 Å². The molecule has 3 rings (SSSR count). The van der Waals surface area contributed by atoms with E-state index in [4.69, 9.17) is 0 Å². The van der Waals surface area contributed by atoms with Gasteiger partial charge in [-0.3, -0.25) is 14.6 Å². The summed E-state index contributed by atoms with van der Waals surface area (Å²) >= 11 is 0. The Hall–Kier alpha value is -2.58. The summed E-state index contributed by atoms with van der Waals surface area (Å²) in [5, 5.41) is 0. The first-order valence-corrected chi connectivity index (χ1v) is 9.70. The Morgan fingerprint density at radius 1 is 1.23 bits per heavy atom. The maximum absolute atomic E-state index is 12.4. The summed E-state index contributed by atoms with van der Waals surface area (Å²) in [5.41, 5.74) is 1.79. The third kappa shape index (κ3) is 3.97. The van der Waals surface area contributed by atoms with E-state index >= 15 is 0 Å². The molecule has 0 saturated carbocycles. The van der Waals surface area contributed by atoms with E-state index < -0.39 is 10.0 Å². The second-order valence-corrected chi connectivity index (χ2v) is 7.87. The van der Waals surface area contributed by atoms with Gasteiger partial charge in [-0.2, -0.15) is 0 Å². The van der Waals surface area contributed by atoms with E-state index in [0.717, 1.165) is 6.42 Å². The number of hydrogen-bond acceptors (Lipinski definition) is 5. The minimum Gasteiger partial charge on any atom is -0.311 e. The minimum atomic E-state index is -3.71. The first-order chi connectivity index (χ1) is 12.4. The average molecular weight is 373 g/mol. The molecule has 1 aliphatic heterocycles. The zero-order valence-corrected chi connectivity index (χ0v) is 15.1. The van der Waals surface area contributed by atoms with Crippen molar-refractivity contribution in [3.63, 3.8) is 0 Å². The highest BCUT2D eigenvalue weighted by atomic mass is 32.2. The van der Waals surface area contributed by atoms with Crippen molar-refractivity contribution in [1.29, 1.82) is 0 Å². The number of nitrogens with zero attached hydrogens (tertiary/aromatic N) is 2. The van der Waals surface area contributed by atoms with Crippen molar-refractivity contribution in [3.8, 4) is 0 Å². The second-order valence-electron chi connectivity index (χ2n) is 6.11. The molecule has 136 valence electrons. The number of sulfonamides is 1. The van der Waals surface area contributed by atoms with Crippen LogP contribution in [-0.4, -0.2) is 31.6 Å². The normalized spacial score (nSPS) is 14.7. The van der Waals surface area contributed by atoms with Gasteiger partial charge in [-0.05, 0) is 37.1 Å². The van der Waals surface area contributed by atoms with E-state index in [2.05, 4.69) is 9.71 Å². The lowest BCUT2D eigenvalue weighted by Gasteiger charge is -2.16. The van der Waals surface area contributed by atoms with Crippen molar-refractivity contribution in [2.45, 2.75) is 31.2 Å². The van der Waals surface area contributed by atoms with Crippen LogP contribution in [-0.2, 0) is 21.4 Å². The van der Waals surface area contributed by atoms with Crippen LogP contribution in [0.3, 0.4) is 0 Å². The predicted octanol–water partition coefficient (Wildman–Crippen LogP) is 1.89. The lowest BCUT2D eigenvalue weighted by atomic mass is 10.2. The Bertz CT molecular complexity index is 939. The number of carbonyl (C=O) groups excluding carboxylic acids is 2. The van der Waals surface area contributed by atoms with Gasteiger partial charge in [-0.1, -0.05) is 12.1 Å². The van der Waals surface area contributed by atoms with E-state index in [1.54, 1.807) is 23.4 Å². The van der Waals surface area contributed by atoms with Crippen molar-refractivity contribution in [3.05, 3.63) is 53.9 Å². The molecule has 0 unspecified atom stereocenters. The van der Waals surface area contributed by atoms with Crippen LogP contribution < -0.4 is 9.62 Å². The molecule has 0 atom stereocenters. The van der Waals surface area contributed by atoms with E-state index in [9.17, 15) is 18.0 Å². The number of rotatable bonds is 6. The molecule has 7 nitrogen and oxygen atoms in total. The molecule has 26 heavy (non-hydrogen) atoms. The molecule has 1 N–H and O–H groups in total. The largest absolute Gasteiger partial charge is 0.311 e. The van der Waals surface area contributed by atoms with Gasteiger partial charge in [0.2, 0.25) is 15.9 Å². The first-order valence-electron chi connectivity index (χ1n) is 8.22. The van der Waals surface area contributed by atoms with Crippen LogP contribution in [0, 0.1) is 0 Å². The van der Waals surface area contributed by atoms with Crippen molar-refractivity contribution in [1.82, 2.24) is 9.71 Å². The Morgan fingerprint density at radius 3 is 2.58 bits per heavy atom. The Balaban J connectivity index is 1.71. The fourth-order valence-corrected chi connectivity index (χ4v) is 3.79. The summed E-state index contributed by atoms with van der Waals surface area (Å²) in [6.07, 6.45) is 4.49. The summed E-state index contributed by atoms with van der Waals surface area (Å²) < 4.78 is 27.3. The van der Waals surface area contributed by atoms with Gasteiger partial charge in [0.05, 0.1) is 16.8 Å². The van der Waals surface area contributed by atoms with Crippen LogP contribution in [0.25, 0.3) is 0 Å². The number of nitrogens with one attached hydrogen (secondary N) is 1. The van der Waals surface area contributed by atoms with Gasteiger partial charge in [0, 0.05) is 31.3 Å². The molecule has 1 aromatic carbocycles. The number of carbonyl (C=O) groups is 2. The quantitative estimate of drug-likeness (QED) is 0.780. The van der Waals surface area contributed by atoms with E-state index in [1.807, 2.05) is 0 Å². The molecule has 1 aliphatic rings. The Morgan fingerprint density at radius 2 is 1.96 bits per heavy atom. The smallest absolute Gasteiger partial charge is 0.240 e. The maximum Gasteiger partial charge on any atom is 0.240 e. The standard InChI is InChI=1S/C18H19N3O4S/c1-13(22)15-4-6-17(7-5-15)26(24,25)20-11-14-9-16(12-19-10-14)21-8-2-3-18(21)23/h4-7,9-10,12,20H,2-3,8,11H2,1H3. The van der Waals surface area contributed by atoms with E-state index in [1.165, 1.54) is 31.2 Å². The number of ketones is 1. The molecule has 2 heterocycles. The van der Waals surface area contributed by atoms with E-state index in [0.29, 0.717) is 29.8 Å². The van der Waals surface area contributed by atoms with Gasteiger partial charge >= 0.3 is 0 Å². The summed E-state index contributed by atoms with van der Waals surface area (Å²) in [6, 6.07) is 7.53. The second kappa shape index (κ2) is 7.35. The zero-order valence-electron chi connectivity index (χ0n) is 14.3. The van der Waals surface area contributed by atoms with Gasteiger partial charge in [0.25, 0.3) is 0 Å². The number of Topliss-reactive ketones (excluding diaryl/α,β-unsaturated/α-hetero) is 1. The third-order valence-corrected chi connectivity index (χ3v) is 5.62. The van der Waals surface area contributed by atoms with Crippen LogP contribution in [0.15, 0.2) is 47.6 Å². The molecular formula is C18H19N3O4S. The lowest BCUT2D eigenvalue weighted by Crippen LogP contribution is -2.25. The highest BCUT2D eigenvalue weighted by Gasteiger charge is 2.22. The summed E-state index contributed by atoms with van der Waals surface area (Å²) in [4.78, 5) is 29.0. The van der Waals surface area contributed by atoms with Crippen molar-refractivity contribution >= 4 is 27.4 Å². The number of amides is 1. The number of aromatic nitrogens is 1. The van der Waals surface area contributed by atoms with Gasteiger partial charge < -0.3 is 4.90 Å². The number of pyridine rings is 1. The van der Waals surface area contributed by atoms with Gasteiger partial charge in [0.1, 0.15) is 0 Å². The molecule has 8 heteroatoms. The third-order valence-electron chi connectivity index (χ3n) is 4.20. The predicted molar refractivity (Wildman–Crippen MR) is 96.3 cm³/mol. The molecule has 1 fully saturated rings. The molecule has 0 spiro atoms. The molecular weight excluding hydrogens is 354 g/mol. The summed E-state index contributed by atoms with van der Waals surface area (Å²) in [7, 11) is -3.71. The van der Waals surface area contributed by atoms with Crippen LogP contribution in [0.5, 0.6) is 0 Å². The van der Waals surface area contributed by atoms with Crippen molar-refractivity contribution < 1.29 is 18.0 Å². The number of hydrogen-bond donors (Lipinski definition) is 1. The highest BCUT2D eigenvalue weighted by Crippen LogP contribution is 2.21. The summed E-state index contributed by atoms with van der Waals surface area (Å²) in [5.74, 6) is -0.0728. The fraction of sp³-hybridized carbons (Fsp3) is 0.278. The van der Waals surface area contributed by atoms with Crippen LogP contribution >= 0.6 is 0 Å². The van der Waals surface area contributed by atoms with Crippen LogP contribution in [0.4, 0.5) is 5.69 Å². The zero-order chi connectivity index (χ0) is 18.7. The van der Waals surface area contributed by atoms with Crippen LogP contribution in [0.1, 0.15) is 35.7 Å². The molecule has 2 aromatic rings. The first kappa shape index (κ1) is 18.2. The van der Waals surface area contributed by atoms with Gasteiger partial charge in [-0.15, -0.1) is 0 Å². The molecule has 1 saturated heterocycles. The van der Waals surface area contributed by atoms with Crippen molar-refractivity contribution in [2.24, 2.45) is 0 Å². The SMILES string of the molecule is CC(=O)c1ccc(S(=O)(=O)NCc2cncc(N3CCCC3=O)c2)cc1. The molecule has 1 amide bonds. The fourth-order valence-electron chi connectivity index (χ4n) is 2.77. The lowest BCUT2D eigenvalue weighted by molar-refractivity contribution is -0.117. The number of anilines is 1. The topological polar surface area (TPSA) is 96.4 Å². The molecule has 0 aliphatic carbocycles. The molecule has 1 aromatic heterocycles. The molecule has 0 bridgehead atoms. The average Bonchev–Trinajstić information content (AvgIpc) is 3.06. The Kier molecular flexibility index (Phi) is 5.15. The Labute approximate surface area is 152 Å². The highest BCUT2D eigenvalue weighted by molar-refractivity contribution is 7.89. The number of benzene rings is 1. The molecule has 0 radical (unpaired) electrons.